The zero-order valence-corrected chi connectivity index (χ0v) is 67.5. The van der Waals surface area contributed by atoms with Crippen LogP contribution in [0.4, 0.5) is 0 Å². The Morgan fingerprint density at radius 1 is 0.290 bits per heavy atom. The molecule has 0 spiro atoms. The van der Waals surface area contributed by atoms with Gasteiger partial charge in [0.15, 0.2) is 12.2 Å². The number of carbonyl (C=O) groups is 4. The van der Waals surface area contributed by atoms with Crippen LogP contribution in [0.15, 0.2) is 0 Å². The highest BCUT2D eigenvalue weighted by molar-refractivity contribution is 7.47. The second kappa shape index (κ2) is 71.3. The van der Waals surface area contributed by atoms with Gasteiger partial charge in [-0.1, -0.05) is 370 Å². The van der Waals surface area contributed by atoms with Crippen LogP contribution < -0.4 is 0 Å². The van der Waals surface area contributed by atoms with Crippen molar-refractivity contribution in [3.63, 3.8) is 0 Å². The molecular formula is C81H158O17P2. The van der Waals surface area contributed by atoms with Crippen LogP contribution in [0.1, 0.15) is 421 Å². The fourth-order valence-corrected chi connectivity index (χ4v) is 14.0. The molecule has 0 saturated carbocycles. The van der Waals surface area contributed by atoms with E-state index in [0.717, 1.165) is 108 Å². The van der Waals surface area contributed by atoms with E-state index < -0.39 is 97.5 Å². The number of aliphatic hydroxyl groups excluding tert-OH is 1. The van der Waals surface area contributed by atoms with Crippen molar-refractivity contribution in [3.05, 3.63) is 0 Å². The van der Waals surface area contributed by atoms with Gasteiger partial charge in [-0.25, -0.2) is 9.13 Å². The van der Waals surface area contributed by atoms with Crippen LogP contribution in [0, 0.1) is 17.8 Å². The third kappa shape index (κ3) is 73.0. The van der Waals surface area contributed by atoms with Crippen molar-refractivity contribution in [1.82, 2.24) is 0 Å². The van der Waals surface area contributed by atoms with Gasteiger partial charge in [0.2, 0.25) is 0 Å². The van der Waals surface area contributed by atoms with Crippen molar-refractivity contribution in [2.75, 3.05) is 39.6 Å². The Kier molecular flexibility index (Phi) is 69.9. The Bertz CT molecular complexity index is 1940. The number of ether oxygens (including phenoxy) is 4. The maximum atomic E-state index is 13.1. The van der Waals surface area contributed by atoms with E-state index in [1.807, 2.05) is 0 Å². The van der Waals surface area contributed by atoms with E-state index in [9.17, 15) is 43.2 Å². The molecule has 0 aromatic heterocycles. The van der Waals surface area contributed by atoms with Gasteiger partial charge in [0.05, 0.1) is 26.4 Å². The maximum absolute atomic E-state index is 13.1. The number of phosphoric ester groups is 2. The van der Waals surface area contributed by atoms with Gasteiger partial charge in [0.1, 0.15) is 19.3 Å². The molecule has 0 aromatic rings. The third-order valence-electron chi connectivity index (χ3n) is 19.2. The highest BCUT2D eigenvalue weighted by Gasteiger charge is 2.30. The molecule has 17 nitrogen and oxygen atoms in total. The molecule has 3 unspecified atom stereocenters. The molecule has 0 saturated heterocycles. The van der Waals surface area contributed by atoms with Gasteiger partial charge in [0, 0.05) is 25.7 Å². The number of phosphoric acid groups is 2. The Morgan fingerprint density at radius 3 is 0.760 bits per heavy atom. The molecule has 0 bridgehead atoms. The summed E-state index contributed by atoms with van der Waals surface area (Å²) in [5.74, 6) is 0.306. The fraction of sp³-hybridized carbons (Fsp3) is 0.951. The van der Waals surface area contributed by atoms with Crippen molar-refractivity contribution < 1.29 is 80.2 Å². The van der Waals surface area contributed by atoms with Crippen LogP contribution in [0.25, 0.3) is 0 Å². The van der Waals surface area contributed by atoms with E-state index in [2.05, 4.69) is 48.5 Å². The van der Waals surface area contributed by atoms with Crippen LogP contribution in [0.5, 0.6) is 0 Å². The second-order valence-electron chi connectivity index (χ2n) is 30.4. The number of rotatable bonds is 79. The van der Waals surface area contributed by atoms with E-state index in [1.165, 1.54) is 231 Å². The van der Waals surface area contributed by atoms with Crippen LogP contribution in [0.2, 0.25) is 0 Å². The molecule has 0 heterocycles. The summed E-state index contributed by atoms with van der Waals surface area (Å²) in [6, 6.07) is 0. The Labute approximate surface area is 613 Å². The van der Waals surface area contributed by atoms with Crippen LogP contribution in [0.3, 0.4) is 0 Å². The summed E-state index contributed by atoms with van der Waals surface area (Å²) in [7, 11) is -9.92. The van der Waals surface area contributed by atoms with Gasteiger partial charge in [-0.05, 0) is 43.4 Å². The zero-order valence-electron chi connectivity index (χ0n) is 65.7. The second-order valence-corrected chi connectivity index (χ2v) is 33.3. The number of esters is 4. The quantitative estimate of drug-likeness (QED) is 0.0222. The van der Waals surface area contributed by atoms with Gasteiger partial charge < -0.3 is 33.8 Å². The first-order valence-electron chi connectivity index (χ1n) is 41.9. The number of hydrogen-bond acceptors (Lipinski definition) is 15. The Hall–Kier alpha value is -1.94. The molecule has 19 heteroatoms. The predicted octanol–water partition coefficient (Wildman–Crippen LogP) is 24.1. The van der Waals surface area contributed by atoms with E-state index in [1.54, 1.807) is 0 Å². The number of unbranched alkanes of at least 4 members (excludes halogenated alkanes) is 46. The topological polar surface area (TPSA) is 237 Å². The lowest BCUT2D eigenvalue weighted by molar-refractivity contribution is -0.161. The molecule has 594 valence electrons. The number of hydrogen-bond donors (Lipinski definition) is 3. The summed E-state index contributed by atoms with van der Waals surface area (Å²) in [5, 5.41) is 10.6. The Balaban J connectivity index is 5.20. The first-order valence-corrected chi connectivity index (χ1v) is 44.9. The van der Waals surface area contributed by atoms with Crippen molar-refractivity contribution in [2.45, 2.75) is 439 Å². The largest absolute Gasteiger partial charge is 0.472 e. The monoisotopic (exact) mass is 1470 g/mol. The average Bonchev–Trinajstić information content (AvgIpc) is 0.948. The fourth-order valence-electron chi connectivity index (χ4n) is 12.5. The molecule has 0 aliphatic carbocycles. The lowest BCUT2D eigenvalue weighted by Gasteiger charge is -2.21. The maximum Gasteiger partial charge on any atom is 0.472 e. The zero-order chi connectivity index (χ0) is 73.7. The number of carbonyl (C=O) groups excluding carboxylic acids is 4. The minimum atomic E-state index is -4.96. The minimum absolute atomic E-state index is 0.106. The summed E-state index contributed by atoms with van der Waals surface area (Å²) >= 11 is 0. The summed E-state index contributed by atoms with van der Waals surface area (Å²) in [6.45, 7) is 12.0. The molecule has 0 aliphatic rings. The minimum Gasteiger partial charge on any atom is -0.462 e. The van der Waals surface area contributed by atoms with Gasteiger partial charge in [0.25, 0.3) is 0 Å². The van der Waals surface area contributed by atoms with E-state index in [0.29, 0.717) is 25.7 Å². The van der Waals surface area contributed by atoms with Crippen LogP contribution >= 0.6 is 15.6 Å². The van der Waals surface area contributed by atoms with E-state index in [4.69, 9.17) is 37.0 Å². The summed E-state index contributed by atoms with van der Waals surface area (Å²) in [5.41, 5.74) is 0. The molecule has 6 atom stereocenters. The highest BCUT2D eigenvalue weighted by atomic mass is 31.2. The normalized spacial score (nSPS) is 14.2. The van der Waals surface area contributed by atoms with Gasteiger partial charge >= 0.3 is 39.5 Å². The molecule has 3 N–H and O–H groups in total. The average molecular weight is 1470 g/mol. The smallest absolute Gasteiger partial charge is 0.462 e. The van der Waals surface area contributed by atoms with Gasteiger partial charge in [-0.15, -0.1) is 0 Å². The molecule has 100 heavy (non-hydrogen) atoms. The Morgan fingerprint density at radius 2 is 0.510 bits per heavy atom. The molecule has 0 fully saturated rings. The van der Waals surface area contributed by atoms with Crippen molar-refractivity contribution in [1.29, 1.82) is 0 Å². The van der Waals surface area contributed by atoms with Gasteiger partial charge in [-0.3, -0.25) is 37.3 Å². The van der Waals surface area contributed by atoms with E-state index >= 15 is 0 Å². The molecule has 0 aromatic carbocycles. The first-order chi connectivity index (χ1) is 48.3. The SMILES string of the molecule is CCCCCCCCCCCC(=O)OC[C@H](COP(=O)(O)OC[C@H](O)COP(=O)(O)OC[C@@H](COC(=O)CCCCCCCCCCCCCCC(C)C)OC(=O)CCCCCCCCCCCCCCCCCCCCC(C)CC)OC(=O)CCCCCCCCCCCCCC(C)C. The molecule has 0 amide bonds. The summed E-state index contributed by atoms with van der Waals surface area (Å²) in [6.07, 6.45) is 59.6. The van der Waals surface area contributed by atoms with E-state index in [-0.39, 0.29) is 25.7 Å². The number of aliphatic hydroxyl groups is 1. The van der Waals surface area contributed by atoms with Crippen molar-refractivity contribution in [3.8, 4) is 0 Å². The summed E-state index contributed by atoms with van der Waals surface area (Å²) < 4.78 is 68.7. The first kappa shape index (κ1) is 98.1. The lowest BCUT2D eigenvalue weighted by atomic mass is 9.99. The lowest BCUT2D eigenvalue weighted by Crippen LogP contribution is -2.30. The standard InChI is InChI=1S/C81H158O17P2/c1-8-10-11-12-13-31-41-48-55-62-78(83)91-68-76(97-81(86)65-58-51-44-37-30-24-26-33-39-46-53-60-73(5)6)70-95-99(87,88)93-66-75(82)67-94-100(89,90)96-71-77(69-92-79(84)63-56-49-42-35-28-23-22-25-32-38-45-52-59-72(3)4)98-80(85)64-57-50-43-36-29-21-19-17-15-14-16-18-20-27-34-40-47-54-61-74(7)9-2/h72-77,82H,8-71H2,1-7H3,(H,87,88)(H,89,90)/t74?,75-,76+,77+/m0/s1. The molecule has 0 rings (SSSR count). The molecular weight excluding hydrogens is 1310 g/mol. The van der Waals surface area contributed by atoms with Crippen molar-refractivity contribution in [2.24, 2.45) is 17.8 Å². The third-order valence-corrected chi connectivity index (χ3v) is 21.1. The van der Waals surface area contributed by atoms with Gasteiger partial charge in [-0.2, -0.15) is 0 Å². The van der Waals surface area contributed by atoms with Crippen molar-refractivity contribution >= 4 is 39.5 Å². The van der Waals surface area contributed by atoms with Crippen LogP contribution in [-0.4, -0.2) is 96.7 Å². The molecule has 0 aliphatic heterocycles. The summed E-state index contributed by atoms with van der Waals surface area (Å²) in [4.78, 5) is 72.9. The molecule has 0 radical (unpaired) electrons. The highest BCUT2D eigenvalue weighted by Crippen LogP contribution is 2.45. The predicted molar refractivity (Wildman–Crippen MR) is 409 cm³/mol. The van der Waals surface area contributed by atoms with Crippen LogP contribution in [-0.2, 0) is 65.4 Å².